The van der Waals surface area contributed by atoms with Gasteiger partial charge in [-0.05, 0) is 0 Å². The summed E-state index contributed by atoms with van der Waals surface area (Å²) < 4.78 is 14.5. The summed E-state index contributed by atoms with van der Waals surface area (Å²) in [6, 6.07) is 0.0982. The maximum absolute atomic E-state index is 11.5. The molecule has 0 spiro atoms. The highest BCUT2D eigenvalue weighted by atomic mass is 16.5. The van der Waals surface area contributed by atoms with Crippen LogP contribution >= 0.6 is 0 Å². The van der Waals surface area contributed by atoms with Crippen molar-refractivity contribution in [1.29, 1.82) is 0 Å². The zero-order chi connectivity index (χ0) is 14.4. The highest BCUT2D eigenvalue weighted by Gasteiger charge is 2.29. The quantitative estimate of drug-likeness (QED) is 0.593. The number of methoxy groups -OCH3 is 3. The largest absolute Gasteiger partial charge is 0.481 e. The van der Waals surface area contributed by atoms with E-state index in [0.29, 0.717) is 0 Å². The van der Waals surface area contributed by atoms with Gasteiger partial charge >= 0.3 is 12.0 Å². The minimum absolute atomic E-state index is 0.0982. The molecule has 0 aromatic carbocycles. The van der Waals surface area contributed by atoms with E-state index in [-0.39, 0.29) is 17.5 Å². The normalized spacial score (nSPS) is 13.3. The average Bonchev–Trinajstić information content (AvgIpc) is 2.46. The fourth-order valence-electron chi connectivity index (χ4n) is 1.51. The molecular formula is C12H16N2O5. The number of aliphatic hydroxyl groups is 1. The van der Waals surface area contributed by atoms with Gasteiger partial charge in [-0.15, -0.1) is 6.58 Å². The summed E-state index contributed by atoms with van der Waals surface area (Å²) in [4.78, 5) is 19.3. The number of rotatable bonds is 6. The molecule has 0 saturated carbocycles. The Morgan fingerprint density at radius 1 is 1.42 bits per heavy atom. The van der Waals surface area contributed by atoms with Crippen molar-refractivity contribution < 1.29 is 24.1 Å². The molecule has 7 heteroatoms. The Labute approximate surface area is 110 Å². The van der Waals surface area contributed by atoms with Gasteiger partial charge < -0.3 is 19.3 Å². The molecule has 104 valence electrons. The summed E-state index contributed by atoms with van der Waals surface area (Å²) in [5.74, 6) is -1.42. The van der Waals surface area contributed by atoms with Crippen molar-refractivity contribution in [3.63, 3.8) is 0 Å². The zero-order valence-corrected chi connectivity index (χ0v) is 11.0. The van der Waals surface area contributed by atoms with Gasteiger partial charge in [0, 0.05) is 6.20 Å². The molecule has 19 heavy (non-hydrogen) atoms. The molecule has 0 amide bonds. The molecule has 0 radical (unpaired) electrons. The first-order valence-electron chi connectivity index (χ1n) is 5.42. The molecule has 0 aliphatic rings. The summed E-state index contributed by atoms with van der Waals surface area (Å²) >= 11 is 0. The van der Waals surface area contributed by atoms with Crippen LogP contribution in [0, 0.1) is 5.92 Å². The van der Waals surface area contributed by atoms with E-state index < -0.39 is 18.0 Å². The number of aliphatic hydroxyl groups excluding tert-OH is 1. The third kappa shape index (κ3) is 3.19. The van der Waals surface area contributed by atoms with E-state index in [0.717, 1.165) is 0 Å². The zero-order valence-electron chi connectivity index (χ0n) is 11.0. The van der Waals surface area contributed by atoms with Crippen molar-refractivity contribution in [2.45, 2.75) is 6.10 Å². The molecule has 2 atom stereocenters. The highest BCUT2D eigenvalue weighted by Crippen LogP contribution is 2.30. The monoisotopic (exact) mass is 268 g/mol. The molecule has 0 bridgehead atoms. The van der Waals surface area contributed by atoms with Crippen molar-refractivity contribution in [2.24, 2.45) is 5.92 Å². The second-order valence-electron chi connectivity index (χ2n) is 3.55. The van der Waals surface area contributed by atoms with Gasteiger partial charge in [0.1, 0.15) is 12.0 Å². The van der Waals surface area contributed by atoms with Crippen molar-refractivity contribution >= 4 is 5.97 Å². The van der Waals surface area contributed by atoms with Gasteiger partial charge in [0.2, 0.25) is 5.88 Å². The summed E-state index contributed by atoms with van der Waals surface area (Å²) in [5, 5.41) is 10.2. The Hall–Kier alpha value is -2.15. The minimum atomic E-state index is -1.22. The first-order valence-corrected chi connectivity index (χ1v) is 5.42. The Morgan fingerprint density at radius 2 is 2.11 bits per heavy atom. The van der Waals surface area contributed by atoms with Gasteiger partial charge in [-0.3, -0.25) is 4.79 Å². The van der Waals surface area contributed by atoms with Crippen molar-refractivity contribution in [1.82, 2.24) is 9.97 Å². The lowest BCUT2D eigenvalue weighted by molar-refractivity contribution is -0.147. The number of carbonyl (C=O) groups excluding carboxylic acids is 1. The fourth-order valence-corrected chi connectivity index (χ4v) is 1.51. The van der Waals surface area contributed by atoms with Gasteiger partial charge in [-0.1, -0.05) is 6.08 Å². The molecule has 1 rings (SSSR count). The van der Waals surface area contributed by atoms with Gasteiger partial charge in [-0.25, -0.2) is 4.98 Å². The van der Waals surface area contributed by atoms with Crippen LogP contribution in [-0.4, -0.2) is 42.4 Å². The maximum atomic E-state index is 11.5. The third-order valence-corrected chi connectivity index (χ3v) is 2.52. The maximum Gasteiger partial charge on any atom is 0.319 e. The second kappa shape index (κ2) is 6.69. The predicted octanol–water partition coefficient (Wildman–Crippen LogP) is 0.502. The highest BCUT2D eigenvalue weighted by molar-refractivity contribution is 5.75. The lowest BCUT2D eigenvalue weighted by Crippen LogP contribution is -2.22. The molecule has 1 aromatic heterocycles. The first kappa shape index (κ1) is 14.9. The van der Waals surface area contributed by atoms with E-state index in [1.165, 1.54) is 33.6 Å². The van der Waals surface area contributed by atoms with E-state index in [1.807, 2.05) is 0 Å². The Morgan fingerprint density at radius 3 is 2.58 bits per heavy atom. The van der Waals surface area contributed by atoms with E-state index in [9.17, 15) is 9.90 Å². The second-order valence-corrected chi connectivity index (χ2v) is 3.55. The molecule has 1 heterocycles. The van der Waals surface area contributed by atoms with E-state index in [1.54, 1.807) is 0 Å². The number of hydrogen-bond donors (Lipinski definition) is 1. The summed E-state index contributed by atoms with van der Waals surface area (Å²) in [6.45, 7) is 3.50. The molecule has 0 aliphatic carbocycles. The van der Waals surface area contributed by atoms with Gasteiger partial charge in [0.25, 0.3) is 0 Å². The lowest BCUT2D eigenvalue weighted by Gasteiger charge is -2.19. The average molecular weight is 268 g/mol. The van der Waals surface area contributed by atoms with Crippen LogP contribution in [0.25, 0.3) is 0 Å². The van der Waals surface area contributed by atoms with Crippen LogP contribution in [0.3, 0.4) is 0 Å². The summed E-state index contributed by atoms with van der Waals surface area (Å²) in [6.07, 6.45) is 1.40. The van der Waals surface area contributed by atoms with Crippen LogP contribution in [0.4, 0.5) is 0 Å². The standard InChI is InChI=1S/C12H16N2O5/c1-5-7(11(16)18-3)9(15)8-6-13-12(19-4)14-10(8)17-2/h5-7,9,15H,1H2,2-4H3. The van der Waals surface area contributed by atoms with Gasteiger partial charge in [0.15, 0.2) is 0 Å². The topological polar surface area (TPSA) is 90.8 Å². The first-order chi connectivity index (χ1) is 9.08. The third-order valence-electron chi connectivity index (χ3n) is 2.52. The van der Waals surface area contributed by atoms with Gasteiger partial charge in [-0.2, -0.15) is 4.98 Å². The fraction of sp³-hybridized carbons (Fsp3) is 0.417. The Balaban J connectivity index is 3.13. The van der Waals surface area contributed by atoms with Crippen LogP contribution in [0.1, 0.15) is 11.7 Å². The molecule has 7 nitrogen and oxygen atoms in total. The predicted molar refractivity (Wildman–Crippen MR) is 65.8 cm³/mol. The molecule has 2 unspecified atom stereocenters. The Kier molecular flexibility index (Phi) is 5.25. The number of aromatic nitrogens is 2. The van der Waals surface area contributed by atoms with Crippen LogP contribution in [-0.2, 0) is 9.53 Å². The van der Waals surface area contributed by atoms with Crippen LogP contribution in [0.5, 0.6) is 11.9 Å². The van der Waals surface area contributed by atoms with Crippen molar-refractivity contribution in [2.75, 3.05) is 21.3 Å². The molecule has 0 saturated heterocycles. The van der Waals surface area contributed by atoms with Crippen molar-refractivity contribution in [3.05, 3.63) is 24.4 Å². The summed E-state index contributed by atoms with van der Waals surface area (Å²) in [5.41, 5.74) is 0.249. The number of hydrogen-bond acceptors (Lipinski definition) is 7. The number of nitrogens with zero attached hydrogens (tertiary/aromatic N) is 2. The lowest BCUT2D eigenvalue weighted by atomic mass is 9.97. The molecule has 0 aliphatic heterocycles. The molecule has 0 fully saturated rings. The number of esters is 1. The number of carbonyl (C=O) groups is 1. The van der Waals surface area contributed by atoms with Gasteiger partial charge in [0.05, 0.1) is 26.9 Å². The molecule has 1 N–H and O–H groups in total. The molecule has 1 aromatic rings. The van der Waals surface area contributed by atoms with Crippen LogP contribution in [0.15, 0.2) is 18.9 Å². The number of ether oxygens (including phenoxy) is 3. The minimum Gasteiger partial charge on any atom is -0.481 e. The smallest absolute Gasteiger partial charge is 0.319 e. The SMILES string of the molecule is C=CC(C(=O)OC)C(O)c1cnc(OC)nc1OC. The molecular weight excluding hydrogens is 252 g/mol. The van der Waals surface area contributed by atoms with Crippen LogP contribution < -0.4 is 9.47 Å². The van der Waals surface area contributed by atoms with Crippen molar-refractivity contribution in [3.8, 4) is 11.9 Å². The summed E-state index contributed by atoms with van der Waals surface area (Å²) in [7, 11) is 4.03. The van der Waals surface area contributed by atoms with E-state index in [2.05, 4.69) is 21.3 Å². The Bertz CT molecular complexity index is 463. The van der Waals surface area contributed by atoms with E-state index in [4.69, 9.17) is 9.47 Å². The van der Waals surface area contributed by atoms with Crippen LogP contribution in [0.2, 0.25) is 0 Å². The van der Waals surface area contributed by atoms with E-state index >= 15 is 0 Å².